The van der Waals surface area contributed by atoms with Gasteiger partial charge in [0.25, 0.3) is 0 Å². The maximum Gasteiger partial charge on any atom is 0.179 e. The number of hydrogen-bond acceptors (Lipinski definition) is 4. The minimum Gasteiger partial charge on any atom is -0.493 e. The first-order valence-electron chi connectivity index (χ1n) is 6.91. The van der Waals surface area contributed by atoms with Crippen LogP contribution in [-0.2, 0) is 11.3 Å². The van der Waals surface area contributed by atoms with Gasteiger partial charge in [-0.25, -0.2) is 0 Å². The standard InChI is InChI=1S/C15H22ClNO3/c1-10(13-5-4-6-20-13)17-9-11-7-12(16)15(19-3)14(8-11)18-2/h7-8,10,13,17H,4-6,9H2,1-3H3/t10-,13+/m1/s1. The highest BCUT2D eigenvalue weighted by Gasteiger charge is 2.22. The number of halogens is 1. The Kier molecular flexibility index (Phi) is 5.52. The van der Waals surface area contributed by atoms with Crippen molar-refractivity contribution in [1.29, 1.82) is 0 Å². The summed E-state index contributed by atoms with van der Waals surface area (Å²) in [6, 6.07) is 4.17. The normalized spacial score (nSPS) is 19.9. The van der Waals surface area contributed by atoms with Crippen LogP contribution in [0.5, 0.6) is 11.5 Å². The number of rotatable bonds is 6. The fourth-order valence-electron chi connectivity index (χ4n) is 2.48. The zero-order valence-corrected chi connectivity index (χ0v) is 13.0. The first-order valence-corrected chi connectivity index (χ1v) is 7.29. The molecule has 1 aromatic carbocycles. The molecule has 1 aromatic rings. The Hall–Kier alpha value is -0.970. The molecule has 1 saturated heterocycles. The van der Waals surface area contributed by atoms with E-state index in [4.69, 9.17) is 25.8 Å². The first-order chi connectivity index (χ1) is 9.65. The summed E-state index contributed by atoms with van der Waals surface area (Å²) in [5.74, 6) is 1.23. The van der Waals surface area contributed by atoms with E-state index in [0.29, 0.717) is 28.7 Å². The number of benzene rings is 1. The summed E-state index contributed by atoms with van der Waals surface area (Å²) in [5.41, 5.74) is 1.07. The summed E-state index contributed by atoms with van der Waals surface area (Å²) in [5, 5.41) is 4.04. The van der Waals surface area contributed by atoms with Crippen molar-refractivity contribution in [3.63, 3.8) is 0 Å². The van der Waals surface area contributed by atoms with Gasteiger partial charge in [0, 0.05) is 19.2 Å². The average Bonchev–Trinajstić information content (AvgIpc) is 2.98. The van der Waals surface area contributed by atoms with Crippen LogP contribution >= 0.6 is 11.6 Å². The lowest BCUT2D eigenvalue weighted by Gasteiger charge is -2.20. The van der Waals surface area contributed by atoms with Crippen LogP contribution in [0.2, 0.25) is 5.02 Å². The molecule has 5 heteroatoms. The summed E-state index contributed by atoms with van der Waals surface area (Å²) in [6.45, 7) is 3.75. The summed E-state index contributed by atoms with van der Waals surface area (Å²) >= 11 is 6.20. The third-order valence-electron chi connectivity index (χ3n) is 3.64. The third kappa shape index (κ3) is 3.57. The van der Waals surface area contributed by atoms with Crippen molar-refractivity contribution in [2.75, 3.05) is 20.8 Å². The molecular weight excluding hydrogens is 278 g/mol. The van der Waals surface area contributed by atoms with Gasteiger partial charge in [-0.15, -0.1) is 0 Å². The van der Waals surface area contributed by atoms with E-state index < -0.39 is 0 Å². The molecular formula is C15H22ClNO3. The largest absolute Gasteiger partial charge is 0.493 e. The van der Waals surface area contributed by atoms with Crippen LogP contribution in [0.25, 0.3) is 0 Å². The van der Waals surface area contributed by atoms with Gasteiger partial charge in [-0.1, -0.05) is 11.6 Å². The summed E-state index contributed by atoms with van der Waals surface area (Å²) < 4.78 is 16.2. The Morgan fingerprint density at radius 1 is 1.40 bits per heavy atom. The molecule has 1 aliphatic rings. The van der Waals surface area contributed by atoms with Crippen LogP contribution < -0.4 is 14.8 Å². The van der Waals surface area contributed by atoms with Crippen LogP contribution in [0.3, 0.4) is 0 Å². The smallest absolute Gasteiger partial charge is 0.179 e. The maximum absolute atomic E-state index is 6.20. The monoisotopic (exact) mass is 299 g/mol. The Balaban J connectivity index is 2.00. The summed E-state index contributed by atoms with van der Waals surface area (Å²) in [4.78, 5) is 0. The molecule has 112 valence electrons. The second kappa shape index (κ2) is 7.16. The highest BCUT2D eigenvalue weighted by Crippen LogP contribution is 2.36. The molecule has 4 nitrogen and oxygen atoms in total. The fraction of sp³-hybridized carbons (Fsp3) is 0.600. The second-order valence-corrected chi connectivity index (χ2v) is 5.44. The molecule has 0 spiro atoms. The lowest BCUT2D eigenvalue weighted by molar-refractivity contribution is 0.0832. The molecule has 2 atom stereocenters. The Morgan fingerprint density at radius 3 is 2.80 bits per heavy atom. The minimum absolute atomic E-state index is 0.311. The van der Waals surface area contributed by atoms with Gasteiger partial charge in [-0.2, -0.15) is 0 Å². The van der Waals surface area contributed by atoms with Gasteiger partial charge in [-0.05, 0) is 37.5 Å². The molecule has 0 saturated carbocycles. The van der Waals surface area contributed by atoms with Gasteiger partial charge in [0.05, 0.1) is 25.3 Å². The fourth-order valence-corrected chi connectivity index (χ4v) is 2.79. The van der Waals surface area contributed by atoms with Gasteiger partial charge in [0.1, 0.15) is 0 Å². The zero-order chi connectivity index (χ0) is 14.5. The molecule has 1 aliphatic heterocycles. The van der Waals surface area contributed by atoms with E-state index in [0.717, 1.165) is 31.6 Å². The van der Waals surface area contributed by atoms with Crippen molar-refractivity contribution in [3.8, 4) is 11.5 Å². The molecule has 0 amide bonds. The Morgan fingerprint density at radius 2 is 2.20 bits per heavy atom. The lowest BCUT2D eigenvalue weighted by atomic mass is 10.1. The van der Waals surface area contributed by atoms with Crippen LogP contribution in [-0.4, -0.2) is 33.0 Å². The number of ether oxygens (including phenoxy) is 3. The predicted octanol–water partition coefficient (Wildman–Crippen LogP) is 3.01. The molecule has 0 unspecified atom stereocenters. The van der Waals surface area contributed by atoms with Crippen molar-refractivity contribution in [2.45, 2.75) is 38.5 Å². The Bertz CT molecular complexity index is 447. The molecule has 1 N–H and O–H groups in total. The maximum atomic E-state index is 6.20. The van der Waals surface area contributed by atoms with Gasteiger partial charge >= 0.3 is 0 Å². The van der Waals surface area contributed by atoms with Crippen molar-refractivity contribution in [2.24, 2.45) is 0 Å². The third-order valence-corrected chi connectivity index (χ3v) is 3.92. The number of nitrogens with one attached hydrogen (secondary N) is 1. The van der Waals surface area contributed by atoms with E-state index in [1.165, 1.54) is 0 Å². The van der Waals surface area contributed by atoms with Crippen LogP contribution in [0.15, 0.2) is 12.1 Å². The van der Waals surface area contributed by atoms with Gasteiger partial charge in [-0.3, -0.25) is 0 Å². The minimum atomic E-state index is 0.311. The summed E-state index contributed by atoms with van der Waals surface area (Å²) in [7, 11) is 3.20. The van der Waals surface area contributed by atoms with E-state index in [2.05, 4.69) is 12.2 Å². The topological polar surface area (TPSA) is 39.7 Å². The predicted molar refractivity (Wildman–Crippen MR) is 79.8 cm³/mol. The number of hydrogen-bond donors (Lipinski definition) is 1. The van der Waals surface area contributed by atoms with Crippen LogP contribution in [0, 0.1) is 0 Å². The van der Waals surface area contributed by atoms with Crippen LogP contribution in [0.1, 0.15) is 25.3 Å². The van der Waals surface area contributed by atoms with E-state index in [9.17, 15) is 0 Å². The van der Waals surface area contributed by atoms with E-state index in [1.807, 2.05) is 12.1 Å². The van der Waals surface area contributed by atoms with Gasteiger partial charge in [0.15, 0.2) is 11.5 Å². The highest BCUT2D eigenvalue weighted by atomic mass is 35.5. The molecule has 0 aromatic heterocycles. The second-order valence-electron chi connectivity index (χ2n) is 5.03. The molecule has 0 bridgehead atoms. The van der Waals surface area contributed by atoms with E-state index >= 15 is 0 Å². The van der Waals surface area contributed by atoms with Crippen molar-refractivity contribution < 1.29 is 14.2 Å². The van der Waals surface area contributed by atoms with Crippen molar-refractivity contribution in [1.82, 2.24) is 5.32 Å². The average molecular weight is 300 g/mol. The van der Waals surface area contributed by atoms with E-state index in [-0.39, 0.29) is 0 Å². The van der Waals surface area contributed by atoms with Gasteiger partial charge in [0.2, 0.25) is 0 Å². The summed E-state index contributed by atoms with van der Waals surface area (Å²) in [6.07, 6.45) is 2.59. The molecule has 1 heterocycles. The van der Waals surface area contributed by atoms with Crippen molar-refractivity contribution in [3.05, 3.63) is 22.7 Å². The lowest BCUT2D eigenvalue weighted by Crippen LogP contribution is -2.36. The molecule has 1 fully saturated rings. The van der Waals surface area contributed by atoms with Gasteiger partial charge < -0.3 is 19.5 Å². The highest BCUT2D eigenvalue weighted by molar-refractivity contribution is 6.32. The molecule has 0 radical (unpaired) electrons. The van der Waals surface area contributed by atoms with Crippen molar-refractivity contribution >= 4 is 11.6 Å². The first kappa shape index (κ1) is 15.4. The zero-order valence-electron chi connectivity index (χ0n) is 12.2. The molecule has 2 rings (SSSR count). The molecule has 20 heavy (non-hydrogen) atoms. The SMILES string of the molecule is COc1cc(CN[C@H](C)[C@@H]2CCCO2)cc(Cl)c1OC. The number of methoxy groups -OCH3 is 2. The Labute approximate surface area is 125 Å². The van der Waals surface area contributed by atoms with Crippen LogP contribution in [0.4, 0.5) is 0 Å². The van der Waals surface area contributed by atoms with E-state index in [1.54, 1.807) is 14.2 Å². The quantitative estimate of drug-likeness (QED) is 0.876. The molecule has 0 aliphatic carbocycles.